The minimum absolute atomic E-state index is 0.0378. The van der Waals surface area contributed by atoms with Crippen LogP contribution < -0.4 is 0 Å². The number of nitrogens with zero attached hydrogens (tertiary/aromatic N) is 1. The van der Waals surface area contributed by atoms with E-state index in [0.717, 1.165) is 5.56 Å². The fraction of sp³-hybridized carbons (Fsp3) is 0.238. The summed E-state index contributed by atoms with van der Waals surface area (Å²) in [7, 11) is 0. The third-order valence-corrected chi connectivity index (χ3v) is 4.32. The molecular formula is C21H22N2O2. The van der Waals surface area contributed by atoms with Crippen LogP contribution in [0.2, 0.25) is 0 Å². The molecule has 0 aliphatic carbocycles. The first-order valence-electron chi connectivity index (χ1n) is 8.26. The van der Waals surface area contributed by atoms with Crippen molar-refractivity contribution in [3.63, 3.8) is 0 Å². The van der Waals surface area contributed by atoms with Crippen molar-refractivity contribution in [2.45, 2.75) is 33.1 Å². The van der Waals surface area contributed by atoms with E-state index in [4.69, 9.17) is 0 Å². The van der Waals surface area contributed by atoms with Crippen LogP contribution in [-0.2, 0) is 5.41 Å². The van der Waals surface area contributed by atoms with E-state index in [1.807, 2.05) is 37.3 Å². The molecule has 1 aromatic heterocycles. The van der Waals surface area contributed by atoms with Crippen LogP contribution >= 0.6 is 0 Å². The van der Waals surface area contributed by atoms with Crippen LogP contribution in [0, 0.1) is 6.92 Å². The lowest BCUT2D eigenvalue weighted by Gasteiger charge is -2.19. The summed E-state index contributed by atoms with van der Waals surface area (Å²) in [5, 5.41) is 17.1. The molecule has 0 unspecified atom stereocenters. The summed E-state index contributed by atoms with van der Waals surface area (Å²) in [6.45, 7) is 8.31. The number of carbonyl (C=O) groups excluding carboxylic acids is 1. The predicted molar refractivity (Wildman–Crippen MR) is 99.0 cm³/mol. The van der Waals surface area contributed by atoms with E-state index in [2.05, 4.69) is 31.0 Å². The van der Waals surface area contributed by atoms with Crippen molar-refractivity contribution in [3.05, 3.63) is 70.9 Å². The van der Waals surface area contributed by atoms with Gasteiger partial charge in [-0.3, -0.25) is 9.89 Å². The van der Waals surface area contributed by atoms with Crippen LogP contribution in [0.25, 0.3) is 11.3 Å². The molecule has 3 rings (SSSR count). The summed E-state index contributed by atoms with van der Waals surface area (Å²) in [6, 6.07) is 13.0. The smallest absolute Gasteiger partial charge is 0.196 e. The molecule has 128 valence electrons. The second-order valence-electron chi connectivity index (χ2n) is 7.34. The van der Waals surface area contributed by atoms with E-state index >= 15 is 0 Å². The van der Waals surface area contributed by atoms with Crippen LogP contribution in [0.3, 0.4) is 0 Å². The number of aromatic amines is 1. The molecule has 0 radical (unpaired) electrons. The van der Waals surface area contributed by atoms with Gasteiger partial charge in [-0.25, -0.2) is 0 Å². The normalized spacial score (nSPS) is 11.5. The standard InChI is InChI=1S/C21H22N2O2/c1-13-5-10-16(18(24)11-13)19-17(12-22-23-19)20(25)14-6-8-15(9-7-14)21(2,3)4/h5-12,24H,1-4H3,(H,22,23). The maximum Gasteiger partial charge on any atom is 0.196 e. The molecule has 0 atom stereocenters. The van der Waals surface area contributed by atoms with Gasteiger partial charge in [-0.05, 0) is 35.6 Å². The van der Waals surface area contributed by atoms with Crippen molar-refractivity contribution in [2.75, 3.05) is 0 Å². The number of nitrogens with one attached hydrogen (secondary N) is 1. The average molecular weight is 334 g/mol. The first-order chi connectivity index (χ1) is 11.8. The number of ketones is 1. The average Bonchev–Trinajstić information content (AvgIpc) is 3.03. The number of hydrogen-bond acceptors (Lipinski definition) is 3. The molecule has 25 heavy (non-hydrogen) atoms. The van der Waals surface area contributed by atoms with Crippen molar-refractivity contribution < 1.29 is 9.90 Å². The third-order valence-electron chi connectivity index (χ3n) is 4.32. The van der Waals surface area contributed by atoms with E-state index in [-0.39, 0.29) is 16.9 Å². The highest BCUT2D eigenvalue weighted by Gasteiger charge is 2.20. The first kappa shape index (κ1) is 17.0. The second-order valence-corrected chi connectivity index (χ2v) is 7.34. The van der Waals surface area contributed by atoms with Gasteiger partial charge < -0.3 is 5.11 Å². The van der Waals surface area contributed by atoms with Crippen molar-refractivity contribution in [1.29, 1.82) is 0 Å². The molecule has 2 N–H and O–H groups in total. The minimum Gasteiger partial charge on any atom is -0.507 e. The number of phenols is 1. The Morgan fingerprint density at radius 1 is 1.08 bits per heavy atom. The third kappa shape index (κ3) is 3.33. The molecule has 3 aromatic rings. The van der Waals surface area contributed by atoms with Crippen molar-refractivity contribution in [1.82, 2.24) is 10.2 Å². The molecule has 0 saturated heterocycles. The molecule has 0 fully saturated rings. The Kier molecular flexibility index (Phi) is 4.21. The SMILES string of the molecule is Cc1ccc(-c2[nH]ncc2C(=O)c2ccc(C(C)(C)C)cc2)c(O)c1. The molecule has 0 amide bonds. The lowest BCUT2D eigenvalue weighted by molar-refractivity contribution is 0.103. The van der Waals surface area contributed by atoms with Gasteiger partial charge in [-0.2, -0.15) is 5.10 Å². The summed E-state index contributed by atoms with van der Waals surface area (Å²) in [6.07, 6.45) is 1.51. The van der Waals surface area contributed by atoms with Crippen LogP contribution in [0.1, 0.15) is 47.8 Å². The Hall–Kier alpha value is -2.88. The van der Waals surface area contributed by atoms with Crippen LogP contribution in [-0.4, -0.2) is 21.1 Å². The van der Waals surface area contributed by atoms with Crippen molar-refractivity contribution >= 4 is 5.78 Å². The molecule has 4 nitrogen and oxygen atoms in total. The van der Waals surface area contributed by atoms with Gasteiger partial charge in [0.2, 0.25) is 0 Å². The van der Waals surface area contributed by atoms with E-state index in [1.54, 1.807) is 12.1 Å². The molecule has 2 aromatic carbocycles. The number of carbonyl (C=O) groups is 1. The number of hydrogen-bond donors (Lipinski definition) is 2. The Labute approximate surface area is 147 Å². The van der Waals surface area contributed by atoms with Gasteiger partial charge >= 0.3 is 0 Å². The highest BCUT2D eigenvalue weighted by atomic mass is 16.3. The number of phenolic OH excluding ortho intramolecular Hbond substituents is 1. The highest BCUT2D eigenvalue weighted by molar-refractivity contribution is 6.12. The fourth-order valence-corrected chi connectivity index (χ4v) is 2.79. The Morgan fingerprint density at radius 3 is 2.36 bits per heavy atom. The summed E-state index contributed by atoms with van der Waals surface area (Å²) in [5.74, 6) is 0.00515. The molecule has 0 aliphatic rings. The predicted octanol–water partition coefficient (Wildman–Crippen LogP) is 4.62. The van der Waals surface area contributed by atoms with Crippen LogP contribution in [0.4, 0.5) is 0 Å². The second kappa shape index (κ2) is 6.20. The van der Waals surface area contributed by atoms with Gasteiger partial charge in [0.1, 0.15) is 5.75 Å². The Morgan fingerprint density at radius 2 is 1.76 bits per heavy atom. The van der Waals surface area contributed by atoms with Gasteiger partial charge in [0.25, 0.3) is 0 Å². The zero-order valence-corrected chi connectivity index (χ0v) is 14.9. The molecule has 1 heterocycles. The topological polar surface area (TPSA) is 66.0 Å². The lowest BCUT2D eigenvalue weighted by Crippen LogP contribution is -2.11. The fourth-order valence-electron chi connectivity index (χ4n) is 2.79. The van der Waals surface area contributed by atoms with Gasteiger partial charge in [-0.1, -0.05) is 51.1 Å². The van der Waals surface area contributed by atoms with Gasteiger partial charge in [0.05, 0.1) is 17.5 Å². The zero-order valence-electron chi connectivity index (χ0n) is 14.9. The first-order valence-corrected chi connectivity index (χ1v) is 8.26. The van der Waals surface area contributed by atoms with E-state index < -0.39 is 0 Å². The number of aryl methyl sites for hydroxylation is 1. The highest BCUT2D eigenvalue weighted by Crippen LogP contribution is 2.32. The molecule has 0 saturated carbocycles. The largest absolute Gasteiger partial charge is 0.507 e. The van der Waals surface area contributed by atoms with E-state index in [1.165, 1.54) is 11.8 Å². The zero-order chi connectivity index (χ0) is 18.2. The number of aromatic hydroxyl groups is 1. The van der Waals surface area contributed by atoms with Gasteiger partial charge in [0.15, 0.2) is 5.78 Å². The summed E-state index contributed by atoms with van der Waals surface area (Å²) >= 11 is 0. The lowest BCUT2D eigenvalue weighted by atomic mass is 9.86. The maximum absolute atomic E-state index is 12.9. The molecule has 0 aliphatic heterocycles. The Bertz CT molecular complexity index is 916. The van der Waals surface area contributed by atoms with Gasteiger partial charge in [0, 0.05) is 11.1 Å². The molecule has 0 bridgehead atoms. The summed E-state index contributed by atoms with van der Waals surface area (Å²) < 4.78 is 0. The monoisotopic (exact) mass is 334 g/mol. The maximum atomic E-state index is 12.9. The van der Waals surface area contributed by atoms with Crippen LogP contribution in [0.5, 0.6) is 5.75 Å². The summed E-state index contributed by atoms with van der Waals surface area (Å²) in [4.78, 5) is 12.9. The number of rotatable bonds is 3. The van der Waals surface area contributed by atoms with Crippen molar-refractivity contribution in [2.24, 2.45) is 0 Å². The molecular weight excluding hydrogens is 312 g/mol. The Balaban J connectivity index is 1.98. The molecule has 0 spiro atoms. The van der Waals surface area contributed by atoms with E-state index in [0.29, 0.717) is 22.4 Å². The molecule has 4 heteroatoms. The summed E-state index contributed by atoms with van der Waals surface area (Å²) in [5.41, 5.74) is 4.31. The van der Waals surface area contributed by atoms with Crippen LogP contribution in [0.15, 0.2) is 48.7 Å². The quantitative estimate of drug-likeness (QED) is 0.687. The number of benzene rings is 2. The number of H-pyrrole nitrogens is 1. The minimum atomic E-state index is -0.121. The van der Waals surface area contributed by atoms with Gasteiger partial charge in [-0.15, -0.1) is 0 Å². The van der Waals surface area contributed by atoms with Crippen molar-refractivity contribution in [3.8, 4) is 17.0 Å². The van der Waals surface area contributed by atoms with E-state index in [9.17, 15) is 9.90 Å². The number of aromatic nitrogens is 2.